The highest BCUT2D eigenvalue weighted by Gasteiger charge is 2.18. The molecule has 2 aromatic carbocycles. The van der Waals surface area contributed by atoms with Crippen LogP contribution in [0.1, 0.15) is 31.4 Å². The van der Waals surface area contributed by atoms with Crippen molar-refractivity contribution in [3.05, 3.63) is 77.6 Å². The van der Waals surface area contributed by atoms with Crippen molar-refractivity contribution < 1.29 is 18.7 Å². The summed E-state index contributed by atoms with van der Waals surface area (Å²) in [4.78, 5) is 24.0. The van der Waals surface area contributed by atoms with Gasteiger partial charge >= 0.3 is 5.97 Å². The molecule has 2 atom stereocenters. The van der Waals surface area contributed by atoms with Crippen LogP contribution in [0.5, 0.6) is 0 Å². The second kappa shape index (κ2) is 10.3. The van der Waals surface area contributed by atoms with E-state index in [1.807, 2.05) is 37.3 Å². The Kier molecular flexibility index (Phi) is 7.74. The number of carbonyl (C=O) groups is 2. The summed E-state index contributed by atoms with van der Waals surface area (Å²) in [7, 11) is 0. The molecular formula is C22H24FNO3. The molecule has 0 spiro atoms. The topological polar surface area (TPSA) is 55.4 Å². The fraction of sp³-hybridized carbons (Fsp3) is 0.273. The lowest BCUT2D eigenvalue weighted by atomic mass is 10.1. The molecule has 2 aromatic rings. The summed E-state index contributed by atoms with van der Waals surface area (Å²) in [5.41, 5.74) is 1.48. The van der Waals surface area contributed by atoms with Crippen LogP contribution in [0.25, 0.3) is 6.08 Å². The monoisotopic (exact) mass is 369 g/mol. The Hall–Kier alpha value is -2.95. The van der Waals surface area contributed by atoms with Crippen molar-refractivity contribution in [2.75, 3.05) is 0 Å². The Bertz CT molecular complexity index is 789. The van der Waals surface area contributed by atoms with Crippen LogP contribution in [0.2, 0.25) is 0 Å². The van der Waals surface area contributed by atoms with Crippen molar-refractivity contribution in [2.24, 2.45) is 0 Å². The molecule has 0 aromatic heterocycles. The second-order valence-electron chi connectivity index (χ2n) is 6.37. The number of aryl methyl sites for hydroxylation is 1. The highest BCUT2D eigenvalue weighted by Crippen LogP contribution is 2.09. The SMILES string of the molecule is C[C@H](OC(=O)/C=C/c1ccccc1F)C(=O)N[C@@H](C)CCc1ccccc1. The number of benzene rings is 2. The van der Waals surface area contributed by atoms with E-state index < -0.39 is 17.9 Å². The average molecular weight is 369 g/mol. The van der Waals surface area contributed by atoms with Crippen LogP contribution in [0.3, 0.4) is 0 Å². The van der Waals surface area contributed by atoms with Crippen molar-refractivity contribution in [2.45, 2.75) is 38.8 Å². The van der Waals surface area contributed by atoms with Crippen molar-refractivity contribution >= 4 is 18.0 Å². The molecule has 0 bridgehead atoms. The van der Waals surface area contributed by atoms with E-state index in [4.69, 9.17) is 4.74 Å². The van der Waals surface area contributed by atoms with Gasteiger partial charge in [-0.15, -0.1) is 0 Å². The first-order chi connectivity index (χ1) is 13.0. The van der Waals surface area contributed by atoms with E-state index in [0.717, 1.165) is 18.9 Å². The van der Waals surface area contributed by atoms with Crippen molar-refractivity contribution in [1.82, 2.24) is 5.32 Å². The van der Waals surface area contributed by atoms with Crippen LogP contribution in [0.15, 0.2) is 60.7 Å². The Balaban J connectivity index is 1.77. The largest absolute Gasteiger partial charge is 0.449 e. The van der Waals surface area contributed by atoms with Crippen LogP contribution in [0, 0.1) is 5.82 Å². The van der Waals surface area contributed by atoms with Crippen molar-refractivity contribution in [3.63, 3.8) is 0 Å². The molecule has 0 aliphatic heterocycles. The molecule has 1 N–H and O–H groups in total. The summed E-state index contributed by atoms with van der Waals surface area (Å²) >= 11 is 0. The fourth-order valence-corrected chi connectivity index (χ4v) is 2.50. The van der Waals surface area contributed by atoms with E-state index in [0.29, 0.717) is 0 Å². The van der Waals surface area contributed by atoms with Crippen molar-refractivity contribution in [1.29, 1.82) is 0 Å². The molecule has 0 aliphatic rings. The lowest BCUT2D eigenvalue weighted by molar-refractivity contribution is -0.150. The normalized spacial score (nSPS) is 13.1. The molecule has 142 valence electrons. The maximum atomic E-state index is 13.5. The summed E-state index contributed by atoms with van der Waals surface area (Å²) in [5, 5.41) is 2.84. The molecule has 5 heteroatoms. The Morgan fingerprint density at radius 3 is 2.44 bits per heavy atom. The third-order valence-electron chi connectivity index (χ3n) is 4.06. The van der Waals surface area contributed by atoms with Gasteiger partial charge in [-0.05, 0) is 44.4 Å². The minimum Gasteiger partial charge on any atom is -0.449 e. The average Bonchev–Trinajstić information content (AvgIpc) is 2.66. The number of hydrogen-bond donors (Lipinski definition) is 1. The molecule has 0 unspecified atom stereocenters. The fourth-order valence-electron chi connectivity index (χ4n) is 2.50. The van der Waals surface area contributed by atoms with Gasteiger partial charge in [-0.25, -0.2) is 9.18 Å². The summed E-state index contributed by atoms with van der Waals surface area (Å²) in [6.45, 7) is 3.42. The van der Waals surface area contributed by atoms with Crippen molar-refractivity contribution in [3.8, 4) is 0 Å². The maximum Gasteiger partial charge on any atom is 0.331 e. The van der Waals surface area contributed by atoms with Crippen LogP contribution in [0.4, 0.5) is 4.39 Å². The molecular weight excluding hydrogens is 345 g/mol. The van der Waals surface area contributed by atoms with Gasteiger partial charge in [-0.3, -0.25) is 4.79 Å². The summed E-state index contributed by atoms with van der Waals surface area (Å²) < 4.78 is 18.6. The number of ether oxygens (including phenoxy) is 1. The molecule has 4 nitrogen and oxygen atoms in total. The maximum absolute atomic E-state index is 13.5. The number of amides is 1. The number of esters is 1. The molecule has 2 rings (SSSR count). The number of halogens is 1. The third-order valence-corrected chi connectivity index (χ3v) is 4.06. The predicted molar refractivity (Wildman–Crippen MR) is 103 cm³/mol. The molecule has 27 heavy (non-hydrogen) atoms. The number of hydrogen-bond acceptors (Lipinski definition) is 3. The van der Waals surface area contributed by atoms with E-state index >= 15 is 0 Å². The number of nitrogens with one attached hydrogen (secondary N) is 1. The van der Waals surface area contributed by atoms with Crippen LogP contribution in [-0.2, 0) is 20.7 Å². The standard InChI is InChI=1S/C22H24FNO3/c1-16(12-13-18-8-4-3-5-9-18)24-22(26)17(2)27-21(25)15-14-19-10-6-7-11-20(19)23/h3-11,14-17H,12-13H2,1-2H3,(H,24,26)/b15-14+/t16-,17-/m0/s1. The highest BCUT2D eigenvalue weighted by atomic mass is 19.1. The first kappa shape index (κ1) is 20.4. The first-order valence-electron chi connectivity index (χ1n) is 8.93. The first-order valence-corrected chi connectivity index (χ1v) is 8.93. The summed E-state index contributed by atoms with van der Waals surface area (Å²) in [5.74, 6) is -1.49. The van der Waals surface area contributed by atoms with Gasteiger partial charge in [0.1, 0.15) is 5.82 Å². The lowest BCUT2D eigenvalue weighted by Crippen LogP contribution is -2.40. The van der Waals surface area contributed by atoms with Gasteiger partial charge in [0, 0.05) is 17.7 Å². The van der Waals surface area contributed by atoms with Crippen LogP contribution >= 0.6 is 0 Å². The molecule has 0 heterocycles. The van der Waals surface area contributed by atoms with E-state index in [2.05, 4.69) is 5.32 Å². The minimum absolute atomic E-state index is 0.0483. The van der Waals surface area contributed by atoms with Gasteiger partial charge in [0.05, 0.1) is 0 Å². The number of carbonyl (C=O) groups excluding carboxylic acids is 2. The zero-order valence-electron chi connectivity index (χ0n) is 15.5. The van der Waals surface area contributed by atoms with Crippen LogP contribution in [-0.4, -0.2) is 24.0 Å². The Morgan fingerprint density at radius 2 is 1.74 bits per heavy atom. The van der Waals surface area contributed by atoms with Gasteiger partial charge in [-0.1, -0.05) is 48.5 Å². The van der Waals surface area contributed by atoms with Gasteiger partial charge < -0.3 is 10.1 Å². The molecule has 0 fully saturated rings. The zero-order chi connectivity index (χ0) is 19.6. The summed E-state index contributed by atoms with van der Waals surface area (Å²) in [6.07, 6.45) is 3.14. The Morgan fingerprint density at radius 1 is 1.07 bits per heavy atom. The minimum atomic E-state index is -0.929. The summed E-state index contributed by atoms with van der Waals surface area (Å²) in [6, 6.07) is 16.0. The Labute approximate surface area is 159 Å². The molecule has 0 aliphatic carbocycles. The zero-order valence-corrected chi connectivity index (χ0v) is 15.5. The van der Waals surface area contributed by atoms with E-state index in [9.17, 15) is 14.0 Å². The number of rotatable bonds is 8. The van der Waals surface area contributed by atoms with Gasteiger partial charge in [-0.2, -0.15) is 0 Å². The third kappa shape index (κ3) is 7.05. The molecule has 0 radical (unpaired) electrons. The van der Waals surface area contributed by atoms with Gasteiger partial charge in [0.25, 0.3) is 5.91 Å². The highest BCUT2D eigenvalue weighted by molar-refractivity contribution is 5.90. The van der Waals surface area contributed by atoms with Crippen LogP contribution < -0.4 is 5.32 Å². The van der Waals surface area contributed by atoms with E-state index in [1.54, 1.807) is 18.2 Å². The molecule has 0 saturated carbocycles. The second-order valence-corrected chi connectivity index (χ2v) is 6.37. The lowest BCUT2D eigenvalue weighted by Gasteiger charge is -2.17. The predicted octanol–water partition coefficient (Wildman–Crippen LogP) is 3.91. The molecule has 1 amide bonds. The van der Waals surface area contributed by atoms with Gasteiger partial charge in [0.15, 0.2) is 6.10 Å². The quantitative estimate of drug-likeness (QED) is 0.567. The van der Waals surface area contributed by atoms with E-state index in [-0.39, 0.29) is 17.5 Å². The van der Waals surface area contributed by atoms with E-state index in [1.165, 1.54) is 24.6 Å². The van der Waals surface area contributed by atoms with Gasteiger partial charge in [0.2, 0.25) is 0 Å². The smallest absolute Gasteiger partial charge is 0.331 e. The molecule has 0 saturated heterocycles.